The van der Waals surface area contributed by atoms with Crippen LogP contribution in [0.3, 0.4) is 0 Å². The Balaban J connectivity index is 1.96. The molecule has 3 aromatic carbocycles. The van der Waals surface area contributed by atoms with Crippen LogP contribution in [0.2, 0.25) is 0 Å². The van der Waals surface area contributed by atoms with Gasteiger partial charge in [0.2, 0.25) is 11.8 Å². The first-order valence-electron chi connectivity index (χ1n) is 10.3. The monoisotopic (exact) mass is 469 g/mol. The molecule has 35 heavy (non-hydrogen) atoms. The van der Waals surface area contributed by atoms with E-state index in [-0.39, 0.29) is 34.2 Å². The molecule has 0 aliphatic rings. The van der Waals surface area contributed by atoms with E-state index in [0.29, 0.717) is 16.7 Å². The number of benzene rings is 3. The first kappa shape index (κ1) is 23.1. The van der Waals surface area contributed by atoms with Gasteiger partial charge in [-0.1, -0.05) is 42.5 Å². The van der Waals surface area contributed by atoms with Crippen LogP contribution in [-0.4, -0.2) is 45.0 Å². The molecule has 0 spiro atoms. The van der Waals surface area contributed by atoms with Crippen LogP contribution in [0.1, 0.15) is 31.1 Å². The number of hydrogen-bond acceptors (Lipinski definition) is 8. The molecule has 0 saturated heterocycles. The molecule has 5 N–H and O–H groups in total. The van der Waals surface area contributed by atoms with Crippen LogP contribution in [0.25, 0.3) is 34.2 Å². The second kappa shape index (κ2) is 9.40. The number of carbonyl (C=O) groups excluding carboxylic acids is 3. The molecule has 4 aromatic rings. The van der Waals surface area contributed by atoms with Crippen LogP contribution in [-0.2, 0) is 4.74 Å². The summed E-state index contributed by atoms with van der Waals surface area (Å²) in [5, 5.41) is 10.7. The Morgan fingerprint density at radius 2 is 1.31 bits per heavy atom. The minimum Gasteiger partial charge on any atom is -0.507 e. The number of rotatable bonds is 6. The van der Waals surface area contributed by atoms with Crippen molar-refractivity contribution in [2.24, 2.45) is 11.5 Å². The number of esters is 1. The zero-order chi connectivity index (χ0) is 25.1. The molecule has 10 nitrogen and oxygen atoms in total. The smallest absolute Gasteiger partial charge is 0.337 e. The summed E-state index contributed by atoms with van der Waals surface area (Å²) < 4.78 is 4.73. The van der Waals surface area contributed by atoms with Gasteiger partial charge in [-0.05, 0) is 24.3 Å². The van der Waals surface area contributed by atoms with Crippen molar-refractivity contribution >= 4 is 17.8 Å². The summed E-state index contributed by atoms with van der Waals surface area (Å²) in [6.45, 7) is 0. The highest BCUT2D eigenvalue weighted by Gasteiger charge is 2.22. The van der Waals surface area contributed by atoms with Crippen molar-refractivity contribution in [2.75, 3.05) is 7.11 Å². The van der Waals surface area contributed by atoms with Gasteiger partial charge in [-0.2, -0.15) is 0 Å². The van der Waals surface area contributed by atoms with E-state index >= 15 is 0 Å². The van der Waals surface area contributed by atoms with Gasteiger partial charge in [0.1, 0.15) is 5.75 Å². The molecular weight excluding hydrogens is 450 g/mol. The lowest BCUT2D eigenvalue weighted by Crippen LogP contribution is -2.17. The fourth-order valence-electron chi connectivity index (χ4n) is 3.40. The Bertz CT molecular complexity index is 1450. The molecule has 1 heterocycles. The third-order valence-corrected chi connectivity index (χ3v) is 5.12. The van der Waals surface area contributed by atoms with Gasteiger partial charge in [0.05, 0.1) is 23.8 Å². The number of amides is 2. The maximum absolute atomic E-state index is 12.2. The fraction of sp³-hybridized carbons (Fsp3) is 0.0400. The summed E-state index contributed by atoms with van der Waals surface area (Å²) in [4.78, 5) is 49.1. The van der Waals surface area contributed by atoms with Crippen molar-refractivity contribution in [3.63, 3.8) is 0 Å². The molecule has 0 bridgehead atoms. The summed E-state index contributed by atoms with van der Waals surface area (Å²) >= 11 is 0. The number of carbonyl (C=O) groups is 3. The van der Waals surface area contributed by atoms with E-state index in [4.69, 9.17) is 16.2 Å². The summed E-state index contributed by atoms with van der Waals surface area (Å²) in [6.07, 6.45) is 0. The average molecular weight is 469 g/mol. The van der Waals surface area contributed by atoms with Gasteiger partial charge < -0.3 is 21.3 Å². The number of methoxy groups -OCH3 is 1. The van der Waals surface area contributed by atoms with E-state index in [0.717, 1.165) is 6.07 Å². The van der Waals surface area contributed by atoms with E-state index in [1.165, 1.54) is 13.2 Å². The summed E-state index contributed by atoms with van der Waals surface area (Å²) in [5.41, 5.74) is 12.0. The highest BCUT2D eigenvalue weighted by atomic mass is 16.5. The molecular formula is C25H19N5O5. The largest absolute Gasteiger partial charge is 0.507 e. The third kappa shape index (κ3) is 4.67. The van der Waals surface area contributed by atoms with Crippen LogP contribution >= 0.6 is 0 Å². The lowest BCUT2D eigenvalue weighted by Gasteiger charge is -2.13. The highest BCUT2D eigenvalue weighted by Crippen LogP contribution is 2.34. The molecule has 2 amide bonds. The molecule has 0 radical (unpaired) electrons. The summed E-state index contributed by atoms with van der Waals surface area (Å²) in [7, 11) is 1.28. The minimum absolute atomic E-state index is 0.0479. The maximum atomic E-state index is 12.2. The standard InChI is InChI=1S/C25H19N5O5/c1-35-25(34)15-9-7-14(8-10-15)23-28-22(13-5-3-2-4-6-13)29-24(30-23)19-17(21(27)33)11-16(20(26)32)12-18(19)31/h2-12,31H,1H3,(H2,26,32)(H2,27,33). The number of nitrogens with two attached hydrogens (primary N) is 2. The molecule has 0 unspecified atom stereocenters. The molecule has 0 fully saturated rings. The number of hydrogen-bond donors (Lipinski definition) is 3. The van der Waals surface area contributed by atoms with Crippen LogP contribution < -0.4 is 11.5 Å². The van der Waals surface area contributed by atoms with Gasteiger partial charge in [0.15, 0.2) is 17.5 Å². The molecule has 0 atom stereocenters. The minimum atomic E-state index is -0.913. The zero-order valence-corrected chi connectivity index (χ0v) is 18.4. The van der Waals surface area contributed by atoms with E-state index in [9.17, 15) is 19.5 Å². The number of aromatic nitrogens is 3. The van der Waals surface area contributed by atoms with Crippen LogP contribution in [0.15, 0.2) is 66.7 Å². The Morgan fingerprint density at radius 1 is 0.743 bits per heavy atom. The van der Waals surface area contributed by atoms with Crippen LogP contribution in [0.4, 0.5) is 0 Å². The summed E-state index contributed by atoms with van der Waals surface area (Å²) in [6, 6.07) is 17.7. The SMILES string of the molecule is COC(=O)c1ccc(-c2nc(-c3ccccc3)nc(-c3c(O)cc(C(N)=O)cc3C(N)=O)n2)cc1. The Hall–Kier alpha value is -5.12. The van der Waals surface area contributed by atoms with Crippen molar-refractivity contribution in [2.45, 2.75) is 0 Å². The lowest BCUT2D eigenvalue weighted by atomic mass is 10.0. The molecule has 0 aliphatic carbocycles. The zero-order valence-electron chi connectivity index (χ0n) is 18.4. The van der Waals surface area contributed by atoms with E-state index < -0.39 is 23.5 Å². The Kier molecular flexibility index (Phi) is 6.19. The fourth-order valence-corrected chi connectivity index (χ4v) is 3.40. The number of nitrogens with zero attached hydrogens (tertiary/aromatic N) is 3. The Labute approximate surface area is 199 Å². The van der Waals surface area contributed by atoms with Crippen molar-refractivity contribution in [3.8, 4) is 39.9 Å². The normalized spacial score (nSPS) is 10.5. The lowest BCUT2D eigenvalue weighted by molar-refractivity contribution is 0.0600. The number of aromatic hydroxyl groups is 1. The van der Waals surface area contributed by atoms with E-state index in [1.54, 1.807) is 48.5 Å². The van der Waals surface area contributed by atoms with Crippen molar-refractivity contribution in [1.82, 2.24) is 15.0 Å². The van der Waals surface area contributed by atoms with Gasteiger partial charge in [0, 0.05) is 16.7 Å². The number of ether oxygens (including phenoxy) is 1. The van der Waals surface area contributed by atoms with E-state index in [2.05, 4.69) is 15.0 Å². The quantitative estimate of drug-likeness (QED) is 0.362. The molecule has 10 heteroatoms. The van der Waals surface area contributed by atoms with Gasteiger partial charge in [-0.3, -0.25) is 9.59 Å². The molecule has 0 saturated carbocycles. The molecule has 1 aromatic heterocycles. The highest BCUT2D eigenvalue weighted by molar-refractivity contribution is 6.04. The topological polar surface area (TPSA) is 171 Å². The van der Waals surface area contributed by atoms with Crippen LogP contribution in [0, 0.1) is 0 Å². The Morgan fingerprint density at radius 3 is 1.86 bits per heavy atom. The number of phenolic OH excluding ortho intramolecular Hbond substituents is 1. The number of primary amides is 2. The first-order valence-corrected chi connectivity index (χ1v) is 10.3. The van der Waals surface area contributed by atoms with E-state index in [1.807, 2.05) is 6.07 Å². The first-order chi connectivity index (χ1) is 16.8. The van der Waals surface area contributed by atoms with Gasteiger partial charge in [-0.15, -0.1) is 0 Å². The second-order valence-corrected chi connectivity index (χ2v) is 7.39. The third-order valence-electron chi connectivity index (χ3n) is 5.12. The molecule has 0 aliphatic heterocycles. The van der Waals surface area contributed by atoms with Gasteiger partial charge in [0.25, 0.3) is 0 Å². The van der Waals surface area contributed by atoms with Crippen molar-refractivity contribution < 1.29 is 24.2 Å². The predicted octanol–water partition coefficient (Wildman–Crippen LogP) is 2.56. The van der Waals surface area contributed by atoms with Crippen LogP contribution in [0.5, 0.6) is 5.75 Å². The maximum Gasteiger partial charge on any atom is 0.337 e. The van der Waals surface area contributed by atoms with Gasteiger partial charge >= 0.3 is 5.97 Å². The van der Waals surface area contributed by atoms with Gasteiger partial charge in [-0.25, -0.2) is 19.7 Å². The average Bonchev–Trinajstić information content (AvgIpc) is 2.88. The second-order valence-electron chi connectivity index (χ2n) is 7.39. The number of phenols is 1. The summed E-state index contributed by atoms with van der Waals surface area (Å²) in [5.74, 6) is -2.29. The molecule has 4 rings (SSSR count). The van der Waals surface area contributed by atoms with Crippen molar-refractivity contribution in [1.29, 1.82) is 0 Å². The van der Waals surface area contributed by atoms with Crippen molar-refractivity contribution in [3.05, 3.63) is 83.4 Å². The predicted molar refractivity (Wildman–Crippen MR) is 126 cm³/mol. The molecule has 174 valence electrons.